The maximum Gasteiger partial charge on any atom is 0.262 e. The SMILES string of the molecule is CC[C@@H](C)NC(=O)/C(C#N)=C/c1cccc2ccccc12. The Morgan fingerprint density at radius 2 is 2.00 bits per heavy atom. The molecule has 0 saturated heterocycles. The molecule has 0 spiro atoms. The van der Waals surface area contributed by atoms with Crippen LogP contribution in [0, 0.1) is 11.3 Å². The van der Waals surface area contributed by atoms with Gasteiger partial charge in [-0.1, -0.05) is 49.4 Å². The van der Waals surface area contributed by atoms with E-state index < -0.39 is 0 Å². The Balaban J connectivity index is 2.39. The first-order valence-corrected chi connectivity index (χ1v) is 7.06. The van der Waals surface area contributed by atoms with Gasteiger partial charge in [-0.15, -0.1) is 0 Å². The number of carbonyl (C=O) groups excluding carboxylic acids is 1. The first kappa shape index (κ1) is 14.8. The van der Waals surface area contributed by atoms with Crippen molar-refractivity contribution in [2.24, 2.45) is 0 Å². The van der Waals surface area contributed by atoms with Gasteiger partial charge < -0.3 is 5.32 Å². The number of carbonyl (C=O) groups is 1. The molecule has 2 rings (SSSR count). The first-order valence-electron chi connectivity index (χ1n) is 7.06. The van der Waals surface area contributed by atoms with Gasteiger partial charge in [0.25, 0.3) is 5.91 Å². The molecule has 0 bridgehead atoms. The second-order valence-electron chi connectivity index (χ2n) is 5.02. The van der Waals surface area contributed by atoms with E-state index in [4.69, 9.17) is 0 Å². The summed E-state index contributed by atoms with van der Waals surface area (Å²) < 4.78 is 0. The van der Waals surface area contributed by atoms with Crippen LogP contribution in [0.3, 0.4) is 0 Å². The van der Waals surface area contributed by atoms with Crippen LogP contribution in [0.25, 0.3) is 16.8 Å². The fraction of sp³-hybridized carbons (Fsp3) is 0.222. The minimum atomic E-state index is -0.320. The molecule has 0 unspecified atom stereocenters. The number of nitrogens with zero attached hydrogens (tertiary/aromatic N) is 1. The second kappa shape index (κ2) is 6.71. The molecule has 1 amide bonds. The number of fused-ring (bicyclic) bond motifs is 1. The lowest BCUT2D eigenvalue weighted by atomic mass is 10.0. The third-order valence-electron chi connectivity index (χ3n) is 3.48. The van der Waals surface area contributed by atoms with Crippen LogP contribution in [0.4, 0.5) is 0 Å². The van der Waals surface area contributed by atoms with Crippen LogP contribution in [0.15, 0.2) is 48.0 Å². The third-order valence-corrected chi connectivity index (χ3v) is 3.48. The molecule has 2 aromatic carbocycles. The molecule has 2 aromatic rings. The lowest BCUT2D eigenvalue weighted by Crippen LogP contribution is -2.32. The molecule has 0 aliphatic carbocycles. The van der Waals surface area contributed by atoms with E-state index in [0.29, 0.717) is 0 Å². The van der Waals surface area contributed by atoms with E-state index in [1.807, 2.05) is 62.4 Å². The zero-order chi connectivity index (χ0) is 15.2. The lowest BCUT2D eigenvalue weighted by Gasteiger charge is -2.10. The Labute approximate surface area is 124 Å². The van der Waals surface area contributed by atoms with Crippen LogP contribution in [-0.2, 0) is 4.79 Å². The van der Waals surface area contributed by atoms with E-state index in [0.717, 1.165) is 22.8 Å². The summed E-state index contributed by atoms with van der Waals surface area (Å²) in [7, 11) is 0. The third kappa shape index (κ3) is 3.49. The predicted octanol–water partition coefficient (Wildman–Crippen LogP) is 3.66. The first-order chi connectivity index (χ1) is 10.2. The smallest absolute Gasteiger partial charge is 0.262 e. The van der Waals surface area contributed by atoms with Gasteiger partial charge in [-0.25, -0.2) is 0 Å². The van der Waals surface area contributed by atoms with Crippen molar-refractivity contribution in [2.75, 3.05) is 0 Å². The Morgan fingerprint density at radius 3 is 2.71 bits per heavy atom. The van der Waals surface area contributed by atoms with Gasteiger partial charge in [0.05, 0.1) is 0 Å². The molecular weight excluding hydrogens is 260 g/mol. The van der Waals surface area contributed by atoms with Crippen molar-refractivity contribution < 1.29 is 4.79 Å². The van der Waals surface area contributed by atoms with Gasteiger partial charge in [-0.05, 0) is 35.8 Å². The van der Waals surface area contributed by atoms with Crippen molar-refractivity contribution in [1.29, 1.82) is 5.26 Å². The van der Waals surface area contributed by atoms with Crippen LogP contribution in [0.2, 0.25) is 0 Å². The van der Waals surface area contributed by atoms with Gasteiger partial charge in [-0.3, -0.25) is 4.79 Å². The summed E-state index contributed by atoms with van der Waals surface area (Å²) in [6, 6.07) is 15.8. The molecule has 106 valence electrons. The van der Waals surface area contributed by atoms with Crippen LogP contribution in [0.5, 0.6) is 0 Å². The average Bonchev–Trinajstić information content (AvgIpc) is 2.52. The molecule has 0 fully saturated rings. The van der Waals surface area contributed by atoms with Crippen LogP contribution >= 0.6 is 0 Å². The summed E-state index contributed by atoms with van der Waals surface area (Å²) >= 11 is 0. The number of rotatable bonds is 4. The second-order valence-corrected chi connectivity index (χ2v) is 5.02. The minimum absolute atomic E-state index is 0.0572. The van der Waals surface area contributed by atoms with E-state index in [1.165, 1.54) is 0 Å². The predicted molar refractivity (Wildman–Crippen MR) is 85.4 cm³/mol. The summed E-state index contributed by atoms with van der Waals surface area (Å²) in [6.45, 7) is 3.91. The van der Waals surface area contributed by atoms with Gasteiger partial charge in [0.1, 0.15) is 11.6 Å². The monoisotopic (exact) mass is 278 g/mol. The van der Waals surface area contributed by atoms with Crippen molar-refractivity contribution >= 4 is 22.8 Å². The highest BCUT2D eigenvalue weighted by molar-refractivity contribution is 6.04. The topological polar surface area (TPSA) is 52.9 Å². The van der Waals surface area contributed by atoms with E-state index in [9.17, 15) is 10.1 Å². The summed E-state index contributed by atoms with van der Waals surface area (Å²) in [4.78, 5) is 12.1. The zero-order valence-corrected chi connectivity index (χ0v) is 12.3. The summed E-state index contributed by atoms with van der Waals surface area (Å²) in [6.07, 6.45) is 2.48. The Hall–Kier alpha value is -2.60. The van der Waals surface area contributed by atoms with Crippen molar-refractivity contribution in [1.82, 2.24) is 5.32 Å². The van der Waals surface area contributed by atoms with Crippen molar-refractivity contribution in [3.63, 3.8) is 0 Å². The molecule has 3 heteroatoms. The van der Waals surface area contributed by atoms with Crippen molar-refractivity contribution in [3.8, 4) is 6.07 Å². The van der Waals surface area contributed by atoms with Crippen molar-refractivity contribution in [2.45, 2.75) is 26.3 Å². The Kier molecular flexibility index (Phi) is 4.73. The normalized spacial score (nSPS) is 12.7. The van der Waals surface area contributed by atoms with E-state index in [-0.39, 0.29) is 17.5 Å². The van der Waals surface area contributed by atoms with E-state index >= 15 is 0 Å². The molecule has 1 N–H and O–H groups in total. The van der Waals surface area contributed by atoms with Gasteiger partial charge in [0, 0.05) is 6.04 Å². The molecule has 0 heterocycles. The fourth-order valence-corrected chi connectivity index (χ4v) is 2.08. The number of nitriles is 1. The quantitative estimate of drug-likeness (QED) is 0.685. The van der Waals surface area contributed by atoms with Gasteiger partial charge in [-0.2, -0.15) is 5.26 Å². The fourth-order valence-electron chi connectivity index (χ4n) is 2.08. The standard InChI is InChI=1S/C18H18N2O/c1-3-13(2)20-18(21)16(12-19)11-15-9-6-8-14-7-4-5-10-17(14)15/h4-11,13H,3H2,1-2H3,(H,20,21)/b16-11+/t13-/m1/s1. The average molecular weight is 278 g/mol. The molecule has 0 aliphatic rings. The van der Waals surface area contributed by atoms with Crippen LogP contribution in [0.1, 0.15) is 25.8 Å². The Morgan fingerprint density at radius 1 is 1.29 bits per heavy atom. The molecule has 1 atom stereocenters. The highest BCUT2D eigenvalue weighted by Crippen LogP contribution is 2.20. The molecule has 21 heavy (non-hydrogen) atoms. The molecule has 0 aliphatic heterocycles. The lowest BCUT2D eigenvalue weighted by molar-refractivity contribution is -0.117. The zero-order valence-electron chi connectivity index (χ0n) is 12.3. The van der Waals surface area contributed by atoms with Crippen LogP contribution in [-0.4, -0.2) is 11.9 Å². The van der Waals surface area contributed by atoms with Gasteiger partial charge >= 0.3 is 0 Å². The Bertz CT molecular complexity index is 720. The molecule has 3 nitrogen and oxygen atoms in total. The summed E-state index contributed by atoms with van der Waals surface area (Å²) in [5, 5.41) is 14.2. The van der Waals surface area contributed by atoms with E-state index in [1.54, 1.807) is 6.08 Å². The number of amides is 1. The van der Waals surface area contributed by atoms with Gasteiger partial charge in [0.15, 0.2) is 0 Å². The summed E-state index contributed by atoms with van der Waals surface area (Å²) in [5.74, 6) is -0.320. The van der Waals surface area contributed by atoms with Crippen molar-refractivity contribution in [3.05, 3.63) is 53.6 Å². The minimum Gasteiger partial charge on any atom is -0.349 e. The highest BCUT2D eigenvalue weighted by Gasteiger charge is 2.11. The molecule has 0 aromatic heterocycles. The number of nitrogens with one attached hydrogen (secondary N) is 1. The number of hydrogen-bond donors (Lipinski definition) is 1. The summed E-state index contributed by atoms with van der Waals surface area (Å²) in [5.41, 5.74) is 1.01. The van der Waals surface area contributed by atoms with Crippen LogP contribution < -0.4 is 5.32 Å². The molecule has 0 radical (unpaired) electrons. The maximum atomic E-state index is 12.1. The largest absolute Gasteiger partial charge is 0.349 e. The molecular formula is C18H18N2O. The highest BCUT2D eigenvalue weighted by atomic mass is 16.1. The van der Waals surface area contributed by atoms with E-state index in [2.05, 4.69) is 5.32 Å². The molecule has 0 saturated carbocycles. The maximum absolute atomic E-state index is 12.1. The number of hydrogen-bond acceptors (Lipinski definition) is 2. The van der Waals surface area contributed by atoms with Gasteiger partial charge in [0.2, 0.25) is 0 Å². The number of benzene rings is 2.